The van der Waals surface area contributed by atoms with Crippen LogP contribution >= 0.6 is 0 Å². The molecule has 0 radical (unpaired) electrons. The van der Waals surface area contributed by atoms with Crippen molar-refractivity contribution in [1.82, 2.24) is 4.98 Å². The minimum absolute atomic E-state index is 0.131. The van der Waals surface area contributed by atoms with E-state index in [2.05, 4.69) is 37.9 Å². The molecule has 0 atom stereocenters. The number of rotatable bonds is 2. The normalized spacial score (nSPS) is 11.3. The number of methoxy groups -OCH3 is 1. The van der Waals surface area contributed by atoms with Crippen molar-refractivity contribution in [1.29, 1.82) is 0 Å². The van der Waals surface area contributed by atoms with Crippen molar-refractivity contribution in [2.45, 2.75) is 26.2 Å². The van der Waals surface area contributed by atoms with Gasteiger partial charge < -0.3 is 4.74 Å². The van der Waals surface area contributed by atoms with Gasteiger partial charge in [-0.2, -0.15) is 0 Å². The van der Waals surface area contributed by atoms with Crippen LogP contribution in [0.1, 0.15) is 26.3 Å². The summed E-state index contributed by atoms with van der Waals surface area (Å²) in [5, 5.41) is 0. The maximum atomic E-state index is 5.36. The van der Waals surface area contributed by atoms with Crippen molar-refractivity contribution in [2.24, 2.45) is 0 Å². The van der Waals surface area contributed by atoms with Gasteiger partial charge in [-0.25, -0.2) is 0 Å². The average molecular weight is 241 g/mol. The number of hydrogen-bond donors (Lipinski definition) is 0. The van der Waals surface area contributed by atoms with E-state index in [1.54, 1.807) is 7.11 Å². The number of ether oxygens (including phenoxy) is 1. The first-order valence-corrected chi connectivity index (χ1v) is 6.12. The highest BCUT2D eigenvalue weighted by Crippen LogP contribution is 2.29. The predicted octanol–water partition coefficient (Wildman–Crippen LogP) is 4.05. The zero-order chi connectivity index (χ0) is 13.2. The van der Waals surface area contributed by atoms with Crippen LogP contribution in [0.15, 0.2) is 42.6 Å². The molecule has 0 bridgehead atoms. The first kappa shape index (κ1) is 12.6. The molecule has 0 unspecified atom stereocenters. The van der Waals surface area contributed by atoms with Gasteiger partial charge in [0.15, 0.2) is 0 Å². The van der Waals surface area contributed by atoms with Crippen LogP contribution in [0.5, 0.6) is 5.75 Å². The number of nitrogens with zero attached hydrogens (tertiary/aromatic N) is 1. The molecule has 0 saturated carbocycles. The summed E-state index contributed by atoms with van der Waals surface area (Å²) in [5.41, 5.74) is 3.34. The molecule has 0 aliphatic carbocycles. The number of pyridine rings is 1. The smallest absolute Gasteiger partial charge is 0.128 e. The Morgan fingerprint density at radius 1 is 1.00 bits per heavy atom. The summed E-state index contributed by atoms with van der Waals surface area (Å²) in [6, 6.07) is 12.1. The molecule has 2 rings (SSSR count). The van der Waals surface area contributed by atoms with Gasteiger partial charge in [-0.3, -0.25) is 4.98 Å². The molecule has 2 heteroatoms. The Bertz CT molecular complexity index is 524. The Labute approximate surface area is 109 Å². The van der Waals surface area contributed by atoms with E-state index in [4.69, 9.17) is 4.74 Å². The van der Waals surface area contributed by atoms with Gasteiger partial charge >= 0.3 is 0 Å². The Morgan fingerprint density at radius 2 is 1.72 bits per heavy atom. The second-order valence-electron chi connectivity index (χ2n) is 5.38. The summed E-state index contributed by atoms with van der Waals surface area (Å²) in [7, 11) is 1.68. The molecular weight excluding hydrogens is 222 g/mol. The number of hydrogen-bond acceptors (Lipinski definition) is 2. The molecule has 0 N–H and O–H groups in total. The van der Waals surface area contributed by atoms with Crippen molar-refractivity contribution in [3.63, 3.8) is 0 Å². The van der Waals surface area contributed by atoms with E-state index in [1.165, 1.54) is 5.56 Å². The van der Waals surface area contributed by atoms with Crippen LogP contribution in [0.2, 0.25) is 0 Å². The number of benzene rings is 1. The summed E-state index contributed by atoms with van der Waals surface area (Å²) in [5.74, 6) is 0.855. The summed E-state index contributed by atoms with van der Waals surface area (Å²) in [4.78, 5) is 4.54. The van der Waals surface area contributed by atoms with Crippen LogP contribution in [0.25, 0.3) is 11.3 Å². The average Bonchev–Trinajstić information content (AvgIpc) is 2.38. The second-order valence-corrected chi connectivity index (χ2v) is 5.38. The molecule has 2 aromatic rings. The van der Waals surface area contributed by atoms with Crippen LogP contribution in [-0.4, -0.2) is 12.1 Å². The van der Waals surface area contributed by atoms with E-state index in [1.807, 2.05) is 30.5 Å². The highest BCUT2D eigenvalue weighted by atomic mass is 16.5. The SMILES string of the molecule is COc1ccccc1-c1ccc(C(C)(C)C)cn1. The molecule has 2 nitrogen and oxygen atoms in total. The molecule has 94 valence electrons. The van der Waals surface area contributed by atoms with Gasteiger partial charge in [-0.05, 0) is 29.2 Å². The van der Waals surface area contributed by atoms with Crippen molar-refractivity contribution in [2.75, 3.05) is 7.11 Å². The molecule has 0 aliphatic rings. The van der Waals surface area contributed by atoms with Gasteiger partial charge in [0.05, 0.1) is 12.8 Å². The van der Waals surface area contributed by atoms with Crippen LogP contribution < -0.4 is 4.74 Å². The zero-order valence-corrected chi connectivity index (χ0v) is 11.4. The van der Waals surface area contributed by atoms with E-state index in [0.29, 0.717) is 0 Å². The Kier molecular flexibility index (Phi) is 3.37. The molecule has 1 aromatic heterocycles. The fourth-order valence-electron chi connectivity index (χ4n) is 1.85. The fourth-order valence-corrected chi connectivity index (χ4v) is 1.85. The molecule has 0 amide bonds. The van der Waals surface area contributed by atoms with Gasteiger partial charge in [0.25, 0.3) is 0 Å². The van der Waals surface area contributed by atoms with Gasteiger partial charge in [0.2, 0.25) is 0 Å². The van der Waals surface area contributed by atoms with Crippen LogP contribution in [0.4, 0.5) is 0 Å². The van der Waals surface area contributed by atoms with E-state index in [0.717, 1.165) is 17.0 Å². The number of aromatic nitrogens is 1. The van der Waals surface area contributed by atoms with Gasteiger partial charge in [0.1, 0.15) is 5.75 Å². The molecule has 0 spiro atoms. The molecule has 0 saturated heterocycles. The van der Waals surface area contributed by atoms with Gasteiger partial charge in [-0.1, -0.05) is 39.0 Å². The standard InChI is InChI=1S/C16H19NO/c1-16(2,3)12-9-10-14(17-11-12)13-7-5-6-8-15(13)18-4/h5-11H,1-4H3. The Morgan fingerprint density at radius 3 is 2.28 bits per heavy atom. The monoisotopic (exact) mass is 241 g/mol. The quantitative estimate of drug-likeness (QED) is 0.791. The molecular formula is C16H19NO. The lowest BCUT2D eigenvalue weighted by Gasteiger charge is -2.18. The zero-order valence-electron chi connectivity index (χ0n) is 11.4. The number of para-hydroxylation sites is 1. The largest absolute Gasteiger partial charge is 0.496 e. The summed E-state index contributed by atoms with van der Waals surface area (Å²) >= 11 is 0. The summed E-state index contributed by atoms with van der Waals surface area (Å²) in [6.07, 6.45) is 1.95. The van der Waals surface area contributed by atoms with E-state index in [9.17, 15) is 0 Å². The van der Waals surface area contributed by atoms with Crippen molar-refractivity contribution in [3.05, 3.63) is 48.2 Å². The molecule has 0 aliphatic heterocycles. The summed E-state index contributed by atoms with van der Waals surface area (Å²) < 4.78 is 5.36. The van der Waals surface area contributed by atoms with Gasteiger partial charge in [0, 0.05) is 11.8 Å². The van der Waals surface area contributed by atoms with Crippen molar-refractivity contribution in [3.8, 4) is 17.0 Å². The Balaban J connectivity index is 2.41. The molecule has 1 heterocycles. The van der Waals surface area contributed by atoms with Gasteiger partial charge in [-0.15, -0.1) is 0 Å². The third kappa shape index (κ3) is 2.53. The van der Waals surface area contributed by atoms with E-state index in [-0.39, 0.29) is 5.41 Å². The lowest BCUT2D eigenvalue weighted by atomic mass is 9.88. The second kappa shape index (κ2) is 4.81. The minimum atomic E-state index is 0.131. The Hall–Kier alpha value is -1.83. The highest BCUT2D eigenvalue weighted by Gasteiger charge is 2.14. The lowest BCUT2D eigenvalue weighted by molar-refractivity contribution is 0.416. The lowest BCUT2D eigenvalue weighted by Crippen LogP contribution is -2.11. The first-order chi connectivity index (χ1) is 8.52. The minimum Gasteiger partial charge on any atom is -0.496 e. The van der Waals surface area contributed by atoms with E-state index >= 15 is 0 Å². The van der Waals surface area contributed by atoms with Crippen molar-refractivity contribution < 1.29 is 4.74 Å². The van der Waals surface area contributed by atoms with Crippen molar-refractivity contribution >= 4 is 0 Å². The molecule has 18 heavy (non-hydrogen) atoms. The molecule has 1 aromatic carbocycles. The topological polar surface area (TPSA) is 22.1 Å². The van der Waals surface area contributed by atoms with Crippen LogP contribution in [0, 0.1) is 0 Å². The third-order valence-electron chi connectivity index (χ3n) is 3.01. The predicted molar refractivity (Wildman–Crippen MR) is 74.9 cm³/mol. The maximum absolute atomic E-state index is 5.36. The maximum Gasteiger partial charge on any atom is 0.128 e. The van der Waals surface area contributed by atoms with Crippen LogP contribution in [0.3, 0.4) is 0 Å². The third-order valence-corrected chi connectivity index (χ3v) is 3.01. The van der Waals surface area contributed by atoms with E-state index < -0.39 is 0 Å². The fraction of sp³-hybridized carbons (Fsp3) is 0.312. The highest BCUT2D eigenvalue weighted by molar-refractivity contribution is 5.67. The van der Waals surface area contributed by atoms with Crippen LogP contribution in [-0.2, 0) is 5.41 Å². The first-order valence-electron chi connectivity index (χ1n) is 6.12. The summed E-state index contributed by atoms with van der Waals surface area (Å²) in [6.45, 7) is 6.56. The molecule has 0 fully saturated rings.